The highest BCUT2D eigenvalue weighted by Crippen LogP contribution is 2.24. The molecule has 62 valence electrons. The lowest BCUT2D eigenvalue weighted by atomic mass is 10.2. The van der Waals surface area contributed by atoms with Gasteiger partial charge in [0.1, 0.15) is 0 Å². The Kier molecular flexibility index (Phi) is 0.922. The molecule has 0 bridgehead atoms. The van der Waals surface area contributed by atoms with Gasteiger partial charge in [0.25, 0.3) is 0 Å². The van der Waals surface area contributed by atoms with Crippen LogP contribution in [-0.4, -0.2) is 4.98 Å². The number of rotatable bonds is 0. The van der Waals surface area contributed by atoms with Crippen molar-refractivity contribution in [2.24, 2.45) is 0 Å². The topological polar surface area (TPSA) is 15.8 Å². The second-order valence-electron chi connectivity index (χ2n) is 3.08. The number of hydrogen-bond donors (Lipinski definition) is 1. The van der Waals surface area contributed by atoms with Crippen molar-refractivity contribution in [2.75, 3.05) is 0 Å². The first-order chi connectivity index (χ1) is 7.25. The molecular formula is C12H9N. The quantitative estimate of drug-likeness (QED) is 0.531. The van der Waals surface area contributed by atoms with E-state index in [1.807, 2.05) is 24.3 Å². The number of fused-ring (bicyclic) bond motifs is 3. The lowest BCUT2D eigenvalue weighted by Crippen LogP contribution is -1.62. The van der Waals surface area contributed by atoms with Crippen molar-refractivity contribution in [1.29, 1.82) is 0 Å². The maximum atomic E-state index is 7.61. The Morgan fingerprint density at radius 1 is 0.846 bits per heavy atom. The van der Waals surface area contributed by atoms with E-state index in [1.165, 1.54) is 0 Å². The van der Waals surface area contributed by atoms with Crippen LogP contribution in [0.15, 0.2) is 48.5 Å². The first-order valence-electron chi connectivity index (χ1n) is 5.23. The second-order valence-corrected chi connectivity index (χ2v) is 3.08. The zero-order valence-electron chi connectivity index (χ0n) is 8.96. The van der Waals surface area contributed by atoms with Crippen LogP contribution in [0.5, 0.6) is 0 Å². The van der Waals surface area contributed by atoms with Gasteiger partial charge in [0.05, 0.1) is 2.74 Å². The minimum absolute atomic E-state index is 0.258. The van der Waals surface area contributed by atoms with E-state index in [1.54, 1.807) is 12.1 Å². The van der Waals surface area contributed by atoms with Crippen molar-refractivity contribution >= 4 is 21.8 Å². The number of para-hydroxylation sites is 2. The van der Waals surface area contributed by atoms with Gasteiger partial charge < -0.3 is 4.98 Å². The third kappa shape index (κ3) is 0.872. The highest BCUT2D eigenvalue weighted by atomic mass is 14.7. The van der Waals surface area contributed by atoms with Gasteiger partial charge in [-0.15, -0.1) is 0 Å². The number of hydrogen-bond acceptors (Lipinski definition) is 0. The molecule has 1 heterocycles. The van der Waals surface area contributed by atoms with Crippen molar-refractivity contribution in [1.82, 2.24) is 4.98 Å². The van der Waals surface area contributed by atoms with Gasteiger partial charge in [0.2, 0.25) is 0 Å². The molecule has 1 heteroatoms. The van der Waals surface area contributed by atoms with Gasteiger partial charge in [-0.2, -0.15) is 0 Å². The van der Waals surface area contributed by atoms with Crippen LogP contribution >= 0.6 is 0 Å². The molecular weight excluding hydrogens is 158 g/mol. The molecule has 0 saturated carbocycles. The molecule has 0 atom stereocenters. The summed E-state index contributed by atoms with van der Waals surface area (Å²) in [4.78, 5) is 3.24. The van der Waals surface area contributed by atoms with E-state index in [-0.39, 0.29) is 12.1 Å². The largest absolute Gasteiger partial charge is 0.355 e. The Morgan fingerprint density at radius 2 is 1.54 bits per heavy atom. The molecule has 0 aliphatic carbocycles. The van der Waals surface area contributed by atoms with Crippen LogP contribution in [0, 0.1) is 0 Å². The third-order valence-electron chi connectivity index (χ3n) is 2.29. The summed E-state index contributed by atoms with van der Waals surface area (Å²) in [5.74, 6) is 0. The predicted molar refractivity (Wildman–Crippen MR) is 55.8 cm³/mol. The van der Waals surface area contributed by atoms with E-state index in [0.717, 1.165) is 21.8 Å². The Morgan fingerprint density at radius 3 is 2.54 bits per heavy atom. The predicted octanol–water partition coefficient (Wildman–Crippen LogP) is 3.32. The maximum absolute atomic E-state index is 7.61. The molecule has 3 rings (SSSR count). The molecule has 0 saturated heterocycles. The first kappa shape index (κ1) is 5.07. The number of H-pyrrole nitrogens is 1. The normalized spacial score (nSPS) is 13.2. The molecule has 1 N–H and O–H groups in total. The fraction of sp³-hybridized carbons (Fsp3) is 0. The first-order valence-corrected chi connectivity index (χ1v) is 4.23. The fourth-order valence-corrected chi connectivity index (χ4v) is 1.68. The zero-order valence-corrected chi connectivity index (χ0v) is 6.96. The van der Waals surface area contributed by atoms with E-state index >= 15 is 0 Å². The van der Waals surface area contributed by atoms with Crippen LogP contribution in [0.2, 0.25) is 0 Å². The molecule has 2 aromatic carbocycles. The second kappa shape index (κ2) is 2.36. The Labute approximate surface area is 78.8 Å². The van der Waals surface area contributed by atoms with Crippen LogP contribution < -0.4 is 0 Å². The Hall–Kier alpha value is -1.76. The molecule has 0 fully saturated rings. The Balaban J connectivity index is 2.56. The minimum Gasteiger partial charge on any atom is -0.355 e. The molecule has 0 aliphatic heterocycles. The van der Waals surface area contributed by atoms with Crippen LogP contribution in [0.1, 0.15) is 2.74 Å². The fourth-order valence-electron chi connectivity index (χ4n) is 1.68. The summed E-state index contributed by atoms with van der Waals surface area (Å²) in [6.45, 7) is 0. The molecule has 0 unspecified atom stereocenters. The SMILES string of the molecule is [2H]c1cc2[nH]c3ccccc3c2cc1[2H]. The number of nitrogens with one attached hydrogen (secondary N) is 1. The highest BCUT2D eigenvalue weighted by Gasteiger charge is 2.00. The van der Waals surface area contributed by atoms with Crippen molar-refractivity contribution < 1.29 is 2.74 Å². The molecule has 0 spiro atoms. The average Bonchev–Trinajstić information content (AvgIpc) is 2.57. The van der Waals surface area contributed by atoms with Gasteiger partial charge in [0, 0.05) is 21.8 Å². The maximum Gasteiger partial charge on any atom is 0.0623 e. The highest BCUT2D eigenvalue weighted by molar-refractivity contribution is 6.06. The van der Waals surface area contributed by atoms with E-state index in [4.69, 9.17) is 2.74 Å². The summed E-state index contributed by atoms with van der Waals surface area (Å²) in [7, 11) is 0. The number of aromatic nitrogens is 1. The van der Waals surface area contributed by atoms with Crippen molar-refractivity contribution in [2.45, 2.75) is 0 Å². The summed E-state index contributed by atoms with van der Waals surface area (Å²) in [6, 6.07) is 12.0. The average molecular weight is 169 g/mol. The standard InChI is InChI=1S/C12H9N/c1-3-7-11-9(5-1)10-6-2-4-8-12(10)13-11/h1-8,13H/i1D,3D. The molecule has 1 aromatic heterocycles. The molecule has 1 nitrogen and oxygen atoms in total. The lowest BCUT2D eigenvalue weighted by molar-refractivity contribution is 1.55. The molecule has 3 aromatic rings. The summed E-state index contributed by atoms with van der Waals surface area (Å²) < 4.78 is 15.2. The van der Waals surface area contributed by atoms with Gasteiger partial charge >= 0.3 is 0 Å². The van der Waals surface area contributed by atoms with Crippen LogP contribution in [0.3, 0.4) is 0 Å². The van der Waals surface area contributed by atoms with Crippen LogP contribution in [0.25, 0.3) is 21.8 Å². The van der Waals surface area contributed by atoms with Gasteiger partial charge in [0.15, 0.2) is 0 Å². The minimum atomic E-state index is 0.258. The van der Waals surface area contributed by atoms with Crippen molar-refractivity contribution in [3.8, 4) is 0 Å². The molecule has 0 amide bonds. The summed E-state index contributed by atoms with van der Waals surface area (Å²) >= 11 is 0. The third-order valence-corrected chi connectivity index (χ3v) is 2.29. The zero-order chi connectivity index (χ0) is 10.4. The number of aromatic amines is 1. The van der Waals surface area contributed by atoms with Crippen molar-refractivity contribution in [3.63, 3.8) is 0 Å². The molecule has 0 aliphatic rings. The summed E-state index contributed by atoms with van der Waals surface area (Å²) in [6.07, 6.45) is 0. The van der Waals surface area contributed by atoms with E-state index in [0.29, 0.717) is 0 Å². The van der Waals surface area contributed by atoms with E-state index in [9.17, 15) is 0 Å². The van der Waals surface area contributed by atoms with Gasteiger partial charge in [-0.1, -0.05) is 36.4 Å². The smallest absolute Gasteiger partial charge is 0.0623 e. The van der Waals surface area contributed by atoms with Gasteiger partial charge in [-0.3, -0.25) is 0 Å². The van der Waals surface area contributed by atoms with Gasteiger partial charge in [-0.25, -0.2) is 0 Å². The van der Waals surface area contributed by atoms with Gasteiger partial charge in [-0.05, 0) is 12.1 Å². The summed E-state index contributed by atoms with van der Waals surface area (Å²) in [5, 5.41) is 2.13. The monoisotopic (exact) mass is 169 g/mol. The number of benzene rings is 2. The molecule has 0 radical (unpaired) electrons. The van der Waals surface area contributed by atoms with E-state index in [2.05, 4.69) is 4.98 Å². The van der Waals surface area contributed by atoms with Crippen molar-refractivity contribution in [3.05, 3.63) is 48.5 Å². The molecule has 13 heavy (non-hydrogen) atoms. The van der Waals surface area contributed by atoms with Crippen LogP contribution in [-0.2, 0) is 0 Å². The lowest BCUT2D eigenvalue weighted by Gasteiger charge is -1.87. The Bertz CT molecular complexity index is 655. The summed E-state index contributed by atoms with van der Waals surface area (Å²) in [5.41, 5.74) is 1.98. The van der Waals surface area contributed by atoms with E-state index < -0.39 is 0 Å². The van der Waals surface area contributed by atoms with Crippen LogP contribution in [0.4, 0.5) is 0 Å².